The molecule has 0 saturated carbocycles. The number of amides is 1. The highest BCUT2D eigenvalue weighted by Crippen LogP contribution is 2.38. The van der Waals surface area contributed by atoms with Gasteiger partial charge in [0, 0.05) is 24.8 Å². The third-order valence-electron chi connectivity index (χ3n) is 8.73. The number of rotatable bonds is 10. The number of nitrogens with zero attached hydrogens (tertiary/aromatic N) is 1. The van der Waals surface area contributed by atoms with Crippen LogP contribution in [0.5, 0.6) is 11.5 Å². The second-order valence-corrected chi connectivity index (χ2v) is 11.5. The number of esters is 1. The van der Waals surface area contributed by atoms with Crippen molar-refractivity contribution in [3.8, 4) is 11.5 Å². The summed E-state index contributed by atoms with van der Waals surface area (Å²) in [5.41, 5.74) is -0.486. The molecule has 3 aliphatic rings. The van der Waals surface area contributed by atoms with Crippen LogP contribution in [-0.2, 0) is 19.9 Å². The first-order valence-corrected chi connectivity index (χ1v) is 15.0. The average molecular weight is 659 g/mol. The van der Waals surface area contributed by atoms with Crippen LogP contribution in [0.4, 0.5) is 13.2 Å². The molecule has 1 atom stereocenters. The van der Waals surface area contributed by atoms with Crippen LogP contribution in [0, 0.1) is 5.92 Å². The topological polar surface area (TPSA) is 134 Å². The fraction of sp³-hybridized carbons (Fsp3) is 0.382. The Bertz CT molecular complexity index is 1490. The number of benzene rings is 3. The molecule has 13 heteroatoms. The molecule has 0 radical (unpaired) electrons. The molecule has 3 fully saturated rings. The average Bonchev–Trinajstić information content (AvgIpc) is 3.08. The van der Waals surface area contributed by atoms with Crippen LogP contribution in [-0.4, -0.2) is 86.7 Å². The highest BCUT2D eigenvalue weighted by atomic mass is 19.4. The minimum Gasteiger partial charge on any atom is -0.542 e. The summed E-state index contributed by atoms with van der Waals surface area (Å²) in [6.07, 6.45) is -3.62. The molecule has 2 N–H and O–H groups in total. The predicted octanol–water partition coefficient (Wildman–Crippen LogP) is 2.82. The van der Waals surface area contributed by atoms with Gasteiger partial charge in [-0.05, 0) is 23.3 Å². The molecule has 3 heterocycles. The molecule has 6 rings (SSSR count). The maximum absolute atomic E-state index is 13.7. The lowest BCUT2D eigenvalue weighted by Crippen LogP contribution is -2.66. The number of carboxylic acids is 1. The summed E-state index contributed by atoms with van der Waals surface area (Å²) < 4.78 is 49.1. The smallest absolute Gasteiger partial charge is 0.430 e. The zero-order valence-electron chi connectivity index (χ0n) is 26.0. The van der Waals surface area contributed by atoms with Crippen LogP contribution in [0.3, 0.4) is 0 Å². The number of hydrogen-bond acceptors (Lipinski definition) is 8. The first-order valence-electron chi connectivity index (χ1n) is 15.0. The van der Waals surface area contributed by atoms with E-state index in [-0.39, 0.29) is 17.9 Å². The molecule has 3 aliphatic heterocycles. The van der Waals surface area contributed by atoms with Gasteiger partial charge >= 0.3 is 12.1 Å². The van der Waals surface area contributed by atoms with Gasteiger partial charge in [-0.25, -0.2) is 4.79 Å². The maximum Gasteiger partial charge on any atom is 0.430 e. The number of piperidine rings is 3. The molecule has 252 valence electrons. The van der Waals surface area contributed by atoms with Gasteiger partial charge in [0.2, 0.25) is 5.60 Å². The van der Waals surface area contributed by atoms with Crippen LogP contribution in [0.1, 0.15) is 34.3 Å². The number of halogens is 3. The predicted molar refractivity (Wildman–Crippen MR) is 161 cm³/mol. The van der Waals surface area contributed by atoms with E-state index in [1.165, 1.54) is 7.11 Å². The number of nitrogens with one attached hydrogen (secondary N) is 1. The Balaban J connectivity index is 0.000000644. The van der Waals surface area contributed by atoms with Crippen LogP contribution in [0.25, 0.3) is 0 Å². The van der Waals surface area contributed by atoms with Gasteiger partial charge < -0.3 is 39.0 Å². The second-order valence-electron chi connectivity index (χ2n) is 11.5. The summed E-state index contributed by atoms with van der Waals surface area (Å²) in [6, 6.07) is 23.1. The summed E-state index contributed by atoms with van der Waals surface area (Å²) in [5, 5.41) is 23.6. The van der Waals surface area contributed by atoms with Gasteiger partial charge in [0.1, 0.15) is 24.0 Å². The van der Waals surface area contributed by atoms with Crippen molar-refractivity contribution in [3.05, 3.63) is 95.6 Å². The maximum atomic E-state index is 13.7. The molecule has 3 aromatic rings. The minimum absolute atomic E-state index is 0.205. The number of carbonyl (C=O) groups excluding carboxylic acids is 3. The van der Waals surface area contributed by atoms with E-state index in [4.69, 9.17) is 24.1 Å². The highest BCUT2D eigenvalue weighted by Gasteiger charge is 2.50. The monoisotopic (exact) mass is 658 g/mol. The number of ether oxygens (including phenoxy) is 3. The molecule has 1 amide bonds. The molecule has 47 heavy (non-hydrogen) atoms. The number of aliphatic carboxylic acids is 1. The standard InChI is InChI=1S/C32H36N2O6.C2HF3O2/c1-38-26-13-14-27(28(21-26)39-2)30(35)33-17-20-34-18-15-23(16-19-34)29(22-34)40-31(36)32(37,24-9-5-3-6-10-24)25-11-7-4-8-12-25;3-2(4,5)1(6)7/h3-14,21,23,29,37H,15-20,22H2,1-2H3;(H,6,7)/t23?,29-,34?;/m0./s1. The molecule has 0 unspecified atom stereocenters. The van der Waals surface area contributed by atoms with Gasteiger partial charge in [0.15, 0.2) is 6.10 Å². The van der Waals surface area contributed by atoms with Gasteiger partial charge in [-0.3, -0.25) is 4.79 Å². The molecule has 3 aromatic carbocycles. The quantitative estimate of drug-likeness (QED) is 0.251. The molecular weight excluding hydrogens is 621 g/mol. The molecule has 0 aliphatic carbocycles. The van der Waals surface area contributed by atoms with E-state index in [2.05, 4.69) is 5.32 Å². The Morgan fingerprint density at radius 2 is 1.47 bits per heavy atom. The summed E-state index contributed by atoms with van der Waals surface area (Å²) in [6.45, 7) is 3.83. The number of fused-ring (bicyclic) bond motifs is 3. The van der Waals surface area contributed by atoms with E-state index < -0.39 is 23.7 Å². The van der Waals surface area contributed by atoms with Crippen LogP contribution < -0.4 is 19.9 Å². The summed E-state index contributed by atoms with van der Waals surface area (Å²) >= 11 is 0. The lowest BCUT2D eigenvalue weighted by Gasteiger charge is -2.52. The third-order valence-corrected chi connectivity index (χ3v) is 8.73. The number of carbonyl (C=O) groups is 3. The Morgan fingerprint density at radius 1 is 0.915 bits per heavy atom. The van der Waals surface area contributed by atoms with Crippen molar-refractivity contribution >= 4 is 17.8 Å². The van der Waals surface area contributed by atoms with Crippen LogP contribution in [0.2, 0.25) is 0 Å². The van der Waals surface area contributed by atoms with Crippen molar-refractivity contribution in [3.63, 3.8) is 0 Å². The van der Waals surface area contributed by atoms with E-state index in [0.29, 0.717) is 41.3 Å². The summed E-state index contributed by atoms with van der Waals surface area (Å²) in [7, 11) is 3.10. The zero-order chi connectivity index (χ0) is 34.2. The van der Waals surface area contributed by atoms with E-state index in [0.717, 1.165) is 37.0 Å². The van der Waals surface area contributed by atoms with Gasteiger partial charge in [-0.1, -0.05) is 60.7 Å². The third kappa shape index (κ3) is 8.22. The van der Waals surface area contributed by atoms with Crippen molar-refractivity contribution in [2.75, 3.05) is 46.9 Å². The SMILES string of the molecule is COc1ccc(C(=O)NCC[N+]23CCC(CC2)[C@@H](OC(=O)C(O)(c2ccccc2)c2ccccc2)C3)c(OC)c1.O=C([O-])C(F)(F)F. The van der Waals surface area contributed by atoms with E-state index in [1.54, 1.807) is 73.8 Å². The van der Waals surface area contributed by atoms with Gasteiger partial charge in [-0.15, -0.1) is 0 Å². The summed E-state index contributed by atoms with van der Waals surface area (Å²) in [5.74, 6) is -2.52. The zero-order valence-corrected chi connectivity index (χ0v) is 26.0. The number of carboxylic acid groups (broad SMARTS) is 1. The van der Waals surface area contributed by atoms with Gasteiger partial charge in [-0.2, -0.15) is 13.2 Å². The molecule has 2 bridgehead atoms. The molecule has 0 spiro atoms. The lowest BCUT2D eigenvalue weighted by molar-refractivity contribution is -0.945. The van der Waals surface area contributed by atoms with Crippen molar-refractivity contribution < 1.29 is 56.5 Å². The Labute approximate surface area is 270 Å². The van der Waals surface area contributed by atoms with Crippen LogP contribution >= 0.6 is 0 Å². The van der Waals surface area contributed by atoms with Gasteiger partial charge in [0.25, 0.3) is 5.91 Å². The number of hydrogen-bond donors (Lipinski definition) is 2. The molecule has 3 saturated heterocycles. The van der Waals surface area contributed by atoms with E-state index in [9.17, 15) is 27.9 Å². The molecule has 0 aromatic heterocycles. The largest absolute Gasteiger partial charge is 0.542 e. The first kappa shape index (κ1) is 35.2. The van der Waals surface area contributed by atoms with Crippen LogP contribution in [0.15, 0.2) is 78.9 Å². The molecular formula is C34H37F3N2O8. The Kier molecular flexibility index (Phi) is 11.1. The van der Waals surface area contributed by atoms with Crippen molar-refractivity contribution in [1.82, 2.24) is 5.32 Å². The van der Waals surface area contributed by atoms with Crippen molar-refractivity contribution in [2.24, 2.45) is 5.92 Å². The molecule has 10 nitrogen and oxygen atoms in total. The number of methoxy groups -OCH3 is 2. The van der Waals surface area contributed by atoms with E-state index >= 15 is 0 Å². The summed E-state index contributed by atoms with van der Waals surface area (Å²) in [4.78, 5) is 35.4. The Morgan fingerprint density at radius 3 is 1.96 bits per heavy atom. The highest BCUT2D eigenvalue weighted by molar-refractivity contribution is 5.97. The number of alkyl halides is 3. The second kappa shape index (κ2) is 14.9. The van der Waals surface area contributed by atoms with Crippen molar-refractivity contribution in [1.29, 1.82) is 0 Å². The normalized spacial score (nSPS) is 20.3. The van der Waals surface area contributed by atoms with Gasteiger partial charge in [0.05, 0.1) is 46.0 Å². The number of quaternary nitrogens is 1. The number of aliphatic hydroxyl groups is 1. The minimum atomic E-state index is -5.19. The first-order chi connectivity index (χ1) is 22.3. The van der Waals surface area contributed by atoms with E-state index in [1.807, 2.05) is 12.1 Å². The fourth-order valence-electron chi connectivity index (χ4n) is 6.14. The fourth-order valence-corrected chi connectivity index (χ4v) is 6.14. The van der Waals surface area contributed by atoms with Crippen molar-refractivity contribution in [2.45, 2.75) is 30.7 Å². The lowest BCUT2D eigenvalue weighted by atomic mass is 9.82. The Hall–Kier alpha value is -4.62.